The van der Waals surface area contributed by atoms with E-state index in [0.717, 1.165) is 11.3 Å². The van der Waals surface area contributed by atoms with Crippen LogP contribution in [-0.4, -0.2) is 10.2 Å². The van der Waals surface area contributed by atoms with Crippen LogP contribution in [-0.2, 0) is 0 Å². The van der Waals surface area contributed by atoms with Gasteiger partial charge in [-0.15, -0.1) is 0 Å². The summed E-state index contributed by atoms with van der Waals surface area (Å²) in [7, 11) is 0. The molecule has 0 fully saturated rings. The third-order valence-corrected chi connectivity index (χ3v) is 1.65. The average molecular weight is 215 g/mol. The Balaban J connectivity index is 0.00000106. The third kappa shape index (κ3) is 3.97. The molecule has 0 atom stereocenters. The van der Waals surface area contributed by atoms with Gasteiger partial charge in [0.15, 0.2) is 5.69 Å². The van der Waals surface area contributed by atoms with E-state index < -0.39 is 0 Å². The first-order valence-electron chi connectivity index (χ1n) is 5.23. The summed E-state index contributed by atoms with van der Waals surface area (Å²) in [6, 6.07) is 3.67. The van der Waals surface area contributed by atoms with E-state index in [0.29, 0.717) is 5.69 Å². The maximum atomic E-state index is 8.60. The van der Waals surface area contributed by atoms with E-state index in [9.17, 15) is 0 Å². The highest BCUT2D eigenvalue weighted by Gasteiger charge is 2.01. The van der Waals surface area contributed by atoms with Crippen LogP contribution in [0.15, 0.2) is 36.9 Å². The quantitative estimate of drug-likeness (QED) is 0.785. The molecule has 1 aromatic rings. The van der Waals surface area contributed by atoms with Crippen molar-refractivity contribution in [3.63, 3.8) is 0 Å². The van der Waals surface area contributed by atoms with Crippen LogP contribution >= 0.6 is 0 Å². The second-order valence-corrected chi connectivity index (χ2v) is 2.64. The van der Waals surface area contributed by atoms with Crippen molar-refractivity contribution in [2.75, 3.05) is 0 Å². The lowest BCUT2D eigenvalue weighted by atomic mass is 10.1. The summed E-state index contributed by atoms with van der Waals surface area (Å²) in [4.78, 5) is 0. The predicted octanol–water partition coefficient (Wildman–Crippen LogP) is 3.45. The predicted molar refractivity (Wildman–Crippen MR) is 67.6 cm³/mol. The highest BCUT2D eigenvalue weighted by atomic mass is 15.1. The lowest BCUT2D eigenvalue weighted by Crippen LogP contribution is -1.79. The molecule has 1 aromatic heterocycles. The van der Waals surface area contributed by atoms with E-state index in [1.54, 1.807) is 12.1 Å². The molecule has 0 aromatic carbocycles. The largest absolute Gasteiger partial charge is 0.277 e. The summed E-state index contributed by atoms with van der Waals surface area (Å²) in [6.07, 6.45) is 7.40. The Morgan fingerprint density at radius 3 is 2.69 bits per heavy atom. The van der Waals surface area contributed by atoms with Crippen molar-refractivity contribution in [1.82, 2.24) is 10.2 Å². The Hall–Kier alpha value is -2.08. The molecule has 1 heterocycles. The molecule has 0 unspecified atom stereocenters. The number of H-pyrrole nitrogens is 1. The molecule has 0 aliphatic carbocycles. The van der Waals surface area contributed by atoms with Gasteiger partial charge in [0, 0.05) is 6.07 Å². The topological polar surface area (TPSA) is 52.5 Å². The van der Waals surface area contributed by atoms with Crippen molar-refractivity contribution in [1.29, 1.82) is 5.26 Å². The standard InChI is InChI=1S/C11H11N3.C2H6/c1-3-5-9(6-4-2)11-7-10(8-12)13-14-11;1-2/h3-7H,1H2,2H3,(H,13,14);1-2H3/b6-4-,9-5+;. The lowest BCUT2D eigenvalue weighted by molar-refractivity contribution is 1.06. The smallest absolute Gasteiger partial charge is 0.162 e. The Kier molecular flexibility index (Phi) is 7.17. The minimum absolute atomic E-state index is 0.388. The van der Waals surface area contributed by atoms with Gasteiger partial charge in [-0.05, 0) is 12.5 Å². The van der Waals surface area contributed by atoms with Gasteiger partial charge >= 0.3 is 0 Å². The van der Waals surface area contributed by atoms with Crippen LogP contribution in [0.4, 0.5) is 0 Å². The fourth-order valence-electron chi connectivity index (χ4n) is 1.07. The van der Waals surface area contributed by atoms with Gasteiger partial charge in [-0.1, -0.05) is 44.7 Å². The lowest BCUT2D eigenvalue weighted by Gasteiger charge is -1.94. The molecule has 3 nitrogen and oxygen atoms in total. The molecule has 0 spiro atoms. The second-order valence-electron chi connectivity index (χ2n) is 2.64. The van der Waals surface area contributed by atoms with Gasteiger partial charge in [0.05, 0.1) is 5.69 Å². The minimum atomic E-state index is 0.388. The Morgan fingerprint density at radius 1 is 1.56 bits per heavy atom. The highest BCUT2D eigenvalue weighted by molar-refractivity contribution is 5.73. The highest BCUT2D eigenvalue weighted by Crippen LogP contribution is 2.14. The molecule has 0 aliphatic heterocycles. The zero-order valence-corrected chi connectivity index (χ0v) is 9.99. The monoisotopic (exact) mass is 215 g/mol. The van der Waals surface area contributed by atoms with Crippen LogP contribution in [0.3, 0.4) is 0 Å². The summed E-state index contributed by atoms with van der Waals surface area (Å²) in [5.41, 5.74) is 2.16. The van der Waals surface area contributed by atoms with Gasteiger partial charge in [-0.3, -0.25) is 5.10 Å². The molecule has 0 saturated carbocycles. The normalized spacial score (nSPS) is 10.5. The zero-order chi connectivity index (χ0) is 12.4. The number of allylic oxidation sites excluding steroid dienone is 5. The number of nitriles is 1. The van der Waals surface area contributed by atoms with Crippen molar-refractivity contribution < 1.29 is 0 Å². The van der Waals surface area contributed by atoms with Crippen molar-refractivity contribution in [3.05, 3.63) is 48.3 Å². The molecular formula is C13H17N3. The molecule has 0 bridgehead atoms. The number of hydrogen-bond donors (Lipinski definition) is 1. The van der Waals surface area contributed by atoms with Crippen molar-refractivity contribution in [2.24, 2.45) is 0 Å². The van der Waals surface area contributed by atoms with Crippen molar-refractivity contribution in [2.45, 2.75) is 20.8 Å². The van der Waals surface area contributed by atoms with E-state index >= 15 is 0 Å². The van der Waals surface area contributed by atoms with Crippen LogP contribution < -0.4 is 0 Å². The number of aromatic nitrogens is 2. The van der Waals surface area contributed by atoms with Crippen LogP contribution in [0.2, 0.25) is 0 Å². The van der Waals surface area contributed by atoms with Gasteiger partial charge in [0.25, 0.3) is 0 Å². The second kappa shape index (κ2) is 8.25. The fraction of sp³-hybridized carbons (Fsp3) is 0.231. The number of nitrogens with one attached hydrogen (secondary N) is 1. The molecule has 0 radical (unpaired) electrons. The van der Waals surface area contributed by atoms with Gasteiger partial charge in [0.2, 0.25) is 0 Å². The number of rotatable bonds is 3. The summed E-state index contributed by atoms with van der Waals surface area (Å²) in [5.74, 6) is 0. The Morgan fingerprint density at radius 2 is 2.25 bits per heavy atom. The minimum Gasteiger partial charge on any atom is -0.277 e. The molecule has 1 rings (SSSR count). The average Bonchev–Trinajstić information content (AvgIpc) is 2.80. The number of hydrogen-bond acceptors (Lipinski definition) is 2. The Bertz CT molecular complexity index is 417. The molecule has 3 heteroatoms. The van der Waals surface area contributed by atoms with Crippen LogP contribution in [0.5, 0.6) is 0 Å². The fourth-order valence-corrected chi connectivity index (χ4v) is 1.07. The summed E-state index contributed by atoms with van der Waals surface area (Å²) in [5, 5.41) is 15.2. The number of nitrogens with zero attached hydrogens (tertiary/aromatic N) is 2. The first kappa shape index (κ1) is 13.9. The Labute approximate surface area is 96.8 Å². The van der Waals surface area contributed by atoms with Crippen LogP contribution in [0.25, 0.3) is 5.57 Å². The van der Waals surface area contributed by atoms with E-state index in [1.165, 1.54) is 0 Å². The van der Waals surface area contributed by atoms with Gasteiger partial charge in [-0.2, -0.15) is 10.4 Å². The maximum absolute atomic E-state index is 8.60. The van der Waals surface area contributed by atoms with E-state index in [2.05, 4.69) is 16.8 Å². The van der Waals surface area contributed by atoms with Crippen molar-refractivity contribution in [3.8, 4) is 6.07 Å². The summed E-state index contributed by atoms with van der Waals surface area (Å²) in [6.45, 7) is 9.55. The van der Waals surface area contributed by atoms with E-state index in [4.69, 9.17) is 5.26 Å². The van der Waals surface area contributed by atoms with Crippen LogP contribution in [0.1, 0.15) is 32.2 Å². The molecule has 0 amide bonds. The molecule has 16 heavy (non-hydrogen) atoms. The summed E-state index contributed by atoms with van der Waals surface area (Å²) < 4.78 is 0. The SMILES string of the molecule is C=C/C=C(\C=C/C)c1cc(C#N)n[nH]1.CC. The van der Waals surface area contributed by atoms with Crippen LogP contribution in [0, 0.1) is 11.3 Å². The third-order valence-electron chi connectivity index (χ3n) is 1.65. The molecule has 0 aliphatic rings. The van der Waals surface area contributed by atoms with Crippen molar-refractivity contribution >= 4 is 5.57 Å². The first-order valence-corrected chi connectivity index (χ1v) is 5.23. The van der Waals surface area contributed by atoms with Gasteiger partial charge < -0.3 is 0 Å². The first-order chi connectivity index (χ1) is 7.81. The van der Waals surface area contributed by atoms with E-state index in [1.807, 2.05) is 45.1 Å². The molecular weight excluding hydrogens is 198 g/mol. The van der Waals surface area contributed by atoms with Gasteiger partial charge in [0.1, 0.15) is 6.07 Å². The molecule has 84 valence electrons. The van der Waals surface area contributed by atoms with E-state index in [-0.39, 0.29) is 0 Å². The molecule has 0 saturated heterocycles. The number of aromatic amines is 1. The van der Waals surface area contributed by atoms with Gasteiger partial charge in [-0.25, -0.2) is 0 Å². The summed E-state index contributed by atoms with van der Waals surface area (Å²) >= 11 is 0. The zero-order valence-electron chi connectivity index (χ0n) is 9.99. The molecule has 1 N–H and O–H groups in total. The maximum Gasteiger partial charge on any atom is 0.162 e.